The number of rotatable bonds is 7. The van der Waals surface area contributed by atoms with E-state index in [9.17, 15) is 0 Å². The third-order valence-corrected chi connectivity index (χ3v) is 9.74. The van der Waals surface area contributed by atoms with Crippen LogP contribution < -0.4 is 4.90 Å². The molecule has 0 unspecified atom stereocenters. The van der Waals surface area contributed by atoms with Crippen LogP contribution in [0.25, 0.3) is 66.4 Å². The maximum absolute atomic E-state index is 6.08. The lowest BCUT2D eigenvalue weighted by molar-refractivity contribution is 0.669. The van der Waals surface area contributed by atoms with Gasteiger partial charge in [0.05, 0.1) is 0 Å². The van der Waals surface area contributed by atoms with Crippen molar-refractivity contribution < 1.29 is 4.42 Å². The lowest BCUT2D eigenvalue weighted by Gasteiger charge is -2.26. The zero-order valence-electron chi connectivity index (χ0n) is 28.3. The second kappa shape index (κ2) is 13.0. The van der Waals surface area contributed by atoms with Crippen LogP contribution in [0, 0.1) is 6.92 Å². The van der Waals surface area contributed by atoms with Crippen molar-refractivity contribution in [2.24, 2.45) is 0 Å². The van der Waals surface area contributed by atoms with Crippen LogP contribution in [-0.4, -0.2) is 0 Å². The number of benzene rings is 8. The minimum Gasteiger partial charge on any atom is -0.456 e. The second-order valence-electron chi connectivity index (χ2n) is 13.1. The van der Waals surface area contributed by atoms with Crippen LogP contribution in [0.15, 0.2) is 199 Å². The van der Waals surface area contributed by atoms with Crippen LogP contribution in [0.1, 0.15) is 5.56 Å². The van der Waals surface area contributed by atoms with Crippen LogP contribution in [0.5, 0.6) is 0 Å². The molecule has 0 atom stereocenters. The van der Waals surface area contributed by atoms with Crippen LogP contribution in [0.4, 0.5) is 17.1 Å². The molecule has 0 fully saturated rings. The smallest absolute Gasteiger partial charge is 0.135 e. The van der Waals surface area contributed by atoms with E-state index >= 15 is 0 Å². The van der Waals surface area contributed by atoms with Crippen LogP contribution in [-0.2, 0) is 0 Å². The summed E-state index contributed by atoms with van der Waals surface area (Å²) in [6, 6.07) is 69.4. The van der Waals surface area contributed by atoms with Gasteiger partial charge in [-0.3, -0.25) is 0 Å². The highest BCUT2D eigenvalue weighted by Gasteiger charge is 2.15. The molecule has 0 amide bonds. The fraction of sp³-hybridized carbons (Fsp3) is 0.0204. The molecule has 2 heteroatoms. The average Bonchev–Trinajstić information content (AvgIpc) is 3.57. The number of hydrogen-bond acceptors (Lipinski definition) is 2. The zero-order valence-corrected chi connectivity index (χ0v) is 28.3. The van der Waals surface area contributed by atoms with Crippen molar-refractivity contribution in [1.29, 1.82) is 0 Å². The van der Waals surface area contributed by atoms with Gasteiger partial charge in [0.2, 0.25) is 0 Å². The summed E-state index contributed by atoms with van der Waals surface area (Å²) >= 11 is 0. The Labute approximate surface area is 298 Å². The van der Waals surface area contributed by atoms with Gasteiger partial charge in [-0.1, -0.05) is 139 Å². The third-order valence-electron chi connectivity index (χ3n) is 9.74. The Morgan fingerprint density at radius 3 is 1.37 bits per heavy atom. The molecular formula is C49H35NO. The molecule has 0 saturated heterocycles. The van der Waals surface area contributed by atoms with Crippen LogP contribution in [0.3, 0.4) is 0 Å². The molecule has 242 valence electrons. The molecule has 0 saturated carbocycles. The fourth-order valence-electron chi connectivity index (χ4n) is 7.10. The molecule has 0 aliphatic carbocycles. The summed E-state index contributed by atoms with van der Waals surface area (Å²) in [7, 11) is 0. The van der Waals surface area contributed by atoms with E-state index in [1.165, 1.54) is 50.1 Å². The highest BCUT2D eigenvalue weighted by atomic mass is 16.3. The lowest BCUT2D eigenvalue weighted by Crippen LogP contribution is -2.09. The first kappa shape index (κ1) is 30.4. The van der Waals surface area contributed by atoms with Crippen molar-refractivity contribution >= 4 is 39.0 Å². The molecule has 0 aliphatic heterocycles. The topological polar surface area (TPSA) is 16.4 Å². The summed E-state index contributed by atoms with van der Waals surface area (Å²) in [5.74, 6) is 0. The lowest BCUT2D eigenvalue weighted by atomic mass is 9.97. The third kappa shape index (κ3) is 5.98. The summed E-state index contributed by atoms with van der Waals surface area (Å²) < 4.78 is 6.08. The van der Waals surface area contributed by atoms with E-state index in [1.807, 2.05) is 12.1 Å². The summed E-state index contributed by atoms with van der Waals surface area (Å²) in [5.41, 5.74) is 15.9. The number of para-hydroxylation sites is 1. The maximum atomic E-state index is 6.08. The molecule has 1 heterocycles. The minimum atomic E-state index is 0.913. The maximum Gasteiger partial charge on any atom is 0.135 e. The van der Waals surface area contributed by atoms with Gasteiger partial charge in [-0.2, -0.15) is 0 Å². The largest absolute Gasteiger partial charge is 0.456 e. The molecule has 8 aromatic carbocycles. The van der Waals surface area contributed by atoms with Gasteiger partial charge in [-0.05, 0) is 112 Å². The van der Waals surface area contributed by atoms with E-state index in [0.29, 0.717) is 0 Å². The monoisotopic (exact) mass is 653 g/mol. The Bertz CT molecular complexity index is 2620. The molecule has 9 rings (SSSR count). The van der Waals surface area contributed by atoms with E-state index in [2.05, 4.69) is 194 Å². The van der Waals surface area contributed by atoms with Crippen LogP contribution in [0.2, 0.25) is 0 Å². The van der Waals surface area contributed by atoms with Gasteiger partial charge in [0.15, 0.2) is 0 Å². The van der Waals surface area contributed by atoms with Crippen molar-refractivity contribution in [3.8, 4) is 44.5 Å². The Balaban J connectivity index is 1.06. The van der Waals surface area contributed by atoms with Gasteiger partial charge in [0, 0.05) is 27.8 Å². The second-order valence-corrected chi connectivity index (χ2v) is 13.1. The van der Waals surface area contributed by atoms with Gasteiger partial charge in [-0.25, -0.2) is 0 Å². The minimum absolute atomic E-state index is 0.913. The van der Waals surface area contributed by atoms with E-state index in [4.69, 9.17) is 4.42 Å². The van der Waals surface area contributed by atoms with Crippen molar-refractivity contribution in [3.05, 3.63) is 200 Å². The standard InChI is InChI=1S/C49H35NO/c1-34-9-7-12-39(31-34)37-19-26-44(27-20-37)50(43-24-17-36(18-25-43)35-10-3-2-4-11-35)45-28-21-38(22-29-45)40-13-8-14-41(32-40)42-23-30-49-47(33-42)46-15-5-6-16-48(46)51-49/h2-33H,1H3. The fourth-order valence-corrected chi connectivity index (χ4v) is 7.10. The Kier molecular flexibility index (Phi) is 7.75. The SMILES string of the molecule is Cc1cccc(-c2ccc(N(c3ccc(-c4ccccc4)cc3)c3ccc(-c4cccc(-c5ccc6oc7ccccc7c6c5)c4)cc3)cc2)c1. The van der Waals surface area contributed by atoms with Gasteiger partial charge >= 0.3 is 0 Å². The Morgan fingerprint density at radius 1 is 0.314 bits per heavy atom. The zero-order chi connectivity index (χ0) is 34.1. The molecular weight excluding hydrogens is 619 g/mol. The number of hydrogen-bond donors (Lipinski definition) is 0. The molecule has 0 aliphatic rings. The predicted molar refractivity (Wildman–Crippen MR) is 215 cm³/mol. The highest BCUT2D eigenvalue weighted by Crippen LogP contribution is 2.39. The molecule has 0 radical (unpaired) electrons. The van der Waals surface area contributed by atoms with E-state index in [1.54, 1.807) is 0 Å². The van der Waals surface area contributed by atoms with E-state index in [-0.39, 0.29) is 0 Å². The number of fused-ring (bicyclic) bond motifs is 3. The summed E-state index contributed by atoms with van der Waals surface area (Å²) in [6.07, 6.45) is 0. The first-order valence-corrected chi connectivity index (χ1v) is 17.4. The normalized spacial score (nSPS) is 11.2. The molecule has 0 N–H and O–H groups in total. The first-order chi connectivity index (χ1) is 25.2. The van der Waals surface area contributed by atoms with Crippen molar-refractivity contribution in [2.45, 2.75) is 6.92 Å². The Morgan fingerprint density at radius 2 is 0.745 bits per heavy atom. The average molecular weight is 654 g/mol. The molecule has 0 spiro atoms. The summed E-state index contributed by atoms with van der Waals surface area (Å²) in [6.45, 7) is 2.14. The number of aryl methyl sites for hydroxylation is 1. The quantitative estimate of drug-likeness (QED) is 0.170. The summed E-state index contributed by atoms with van der Waals surface area (Å²) in [5, 5.41) is 2.28. The van der Waals surface area contributed by atoms with Gasteiger partial charge in [0.1, 0.15) is 11.2 Å². The van der Waals surface area contributed by atoms with E-state index < -0.39 is 0 Å². The Hall–Kier alpha value is -6.64. The van der Waals surface area contributed by atoms with Gasteiger partial charge < -0.3 is 9.32 Å². The number of anilines is 3. The van der Waals surface area contributed by atoms with Crippen molar-refractivity contribution in [2.75, 3.05) is 4.90 Å². The van der Waals surface area contributed by atoms with Gasteiger partial charge in [0.25, 0.3) is 0 Å². The number of nitrogens with zero attached hydrogens (tertiary/aromatic N) is 1. The molecule has 1 aromatic heterocycles. The van der Waals surface area contributed by atoms with E-state index in [0.717, 1.165) is 39.0 Å². The highest BCUT2D eigenvalue weighted by molar-refractivity contribution is 6.06. The molecule has 2 nitrogen and oxygen atoms in total. The predicted octanol–water partition coefficient (Wildman–Crippen LogP) is 14.0. The van der Waals surface area contributed by atoms with Gasteiger partial charge in [-0.15, -0.1) is 0 Å². The number of furan rings is 1. The molecule has 0 bridgehead atoms. The van der Waals surface area contributed by atoms with Crippen LogP contribution >= 0.6 is 0 Å². The molecule has 51 heavy (non-hydrogen) atoms. The van der Waals surface area contributed by atoms with Crippen molar-refractivity contribution in [1.82, 2.24) is 0 Å². The summed E-state index contributed by atoms with van der Waals surface area (Å²) in [4.78, 5) is 2.33. The van der Waals surface area contributed by atoms with Crippen molar-refractivity contribution in [3.63, 3.8) is 0 Å². The molecule has 9 aromatic rings. The first-order valence-electron chi connectivity index (χ1n) is 17.4.